The fourth-order valence-corrected chi connectivity index (χ4v) is 7.26. The maximum Gasteiger partial charge on any atom is 0.338 e. The Morgan fingerprint density at radius 3 is 2.74 bits per heavy atom. The smallest absolute Gasteiger partial charge is 0.338 e. The van der Waals surface area contributed by atoms with Gasteiger partial charge in [0.05, 0.1) is 24.6 Å². The number of esters is 1. The van der Waals surface area contributed by atoms with E-state index >= 15 is 0 Å². The Morgan fingerprint density at radius 1 is 1.21 bits per heavy atom. The number of aromatic nitrogens is 1. The maximum atomic E-state index is 13.9. The molecule has 0 bridgehead atoms. The number of aliphatic imine (C=N–C) groups is 1. The number of carboxylic acid groups (broad SMARTS) is 1. The van der Waals surface area contributed by atoms with Crippen molar-refractivity contribution in [2.45, 2.75) is 37.4 Å². The number of rotatable bonds is 7. The standard InChI is InChI=1S/C28H30ClFN6O5S/c1-41-27(39)22-21(32-24(25-31-6-9-42-25)33-23(22)19-5-3-16(30)11-20(19)29)14-34-7-8-35-18(12-34)13-36(28(35)40)17-4-2-15(10-17)26(37)38/h3,5-6,9,11,15,17-18,23H,2,4,7-8,10,12-14H2,1H3,(H,32,33)(H,37,38)/t15-,17-,18-,23-/m0/s1. The van der Waals surface area contributed by atoms with Gasteiger partial charge in [0.2, 0.25) is 0 Å². The van der Waals surface area contributed by atoms with Crippen LogP contribution < -0.4 is 5.32 Å². The molecule has 0 radical (unpaired) electrons. The topological polar surface area (TPSA) is 128 Å². The Labute approximate surface area is 250 Å². The minimum absolute atomic E-state index is 0.0369. The average Bonchev–Trinajstić information content (AvgIpc) is 3.73. The molecule has 2 saturated heterocycles. The van der Waals surface area contributed by atoms with Gasteiger partial charge in [0.25, 0.3) is 0 Å². The van der Waals surface area contributed by atoms with E-state index in [4.69, 9.17) is 21.3 Å². The van der Waals surface area contributed by atoms with Gasteiger partial charge in [-0.25, -0.2) is 19.0 Å². The van der Waals surface area contributed by atoms with E-state index in [1.165, 1.54) is 36.6 Å². The van der Waals surface area contributed by atoms with Crippen molar-refractivity contribution in [3.05, 3.63) is 62.5 Å². The third kappa shape index (κ3) is 5.36. The molecule has 4 heterocycles. The van der Waals surface area contributed by atoms with Crippen LogP contribution in [0, 0.1) is 11.7 Å². The molecule has 14 heteroatoms. The number of carboxylic acids is 1. The summed E-state index contributed by atoms with van der Waals surface area (Å²) < 4.78 is 19.1. The molecule has 2 amide bonds. The van der Waals surface area contributed by atoms with Crippen LogP contribution in [0.3, 0.4) is 0 Å². The van der Waals surface area contributed by atoms with Crippen LogP contribution in [0.5, 0.6) is 0 Å². The summed E-state index contributed by atoms with van der Waals surface area (Å²) >= 11 is 7.84. The summed E-state index contributed by atoms with van der Waals surface area (Å²) in [5.41, 5.74) is 1.30. The van der Waals surface area contributed by atoms with Gasteiger partial charge < -0.3 is 25.0 Å². The molecule has 4 atom stereocenters. The molecule has 1 saturated carbocycles. The fraction of sp³-hybridized carbons (Fsp3) is 0.464. The molecule has 3 fully saturated rings. The number of carbonyl (C=O) groups is 3. The van der Waals surface area contributed by atoms with Crippen LogP contribution in [0.2, 0.25) is 5.02 Å². The summed E-state index contributed by atoms with van der Waals surface area (Å²) in [5.74, 6) is -1.83. The lowest BCUT2D eigenvalue weighted by Crippen LogP contribution is -2.53. The summed E-state index contributed by atoms with van der Waals surface area (Å²) in [4.78, 5) is 53.0. The number of amidine groups is 1. The van der Waals surface area contributed by atoms with Crippen LogP contribution in [-0.4, -0.2) is 101 Å². The Kier molecular flexibility index (Phi) is 7.90. The Hall–Kier alpha value is -3.55. The third-order valence-corrected chi connectivity index (χ3v) is 9.57. The van der Waals surface area contributed by atoms with Gasteiger partial charge in [-0.15, -0.1) is 11.3 Å². The summed E-state index contributed by atoms with van der Waals surface area (Å²) in [6.07, 6.45) is 3.42. The highest BCUT2D eigenvalue weighted by atomic mass is 35.5. The van der Waals surface area contributed by atoms with Gasteiger partial charge >= 0.3 is 18.0 Å². The van der Waals surface area contributed by atoms with Crippen LogP contribution in [-0.2, 0) is 14.3 Å². The number of hydrogen-bond donors (Lipinski definition) is 2. The second-order valence-electron chi connectivity index (χ2n) is 10.9. The zero-order valence-corrected chi connectivity index (χ0v) is 24.4. The second kappa shape index (κ2) is 11.6. The van der Waals surface area contributed by atoms with Gasteiger partial charge in [0.1, 0.15) is 11.9 Å². The highest BCUT2D eigenvalue weighted by Gasteiger charge is 2.46. The molecule has 42 heavy (non-hydrogen) atoms. The van der Waals surface area contributed by atoms with E-state index in [1.54, 1.807) is 6.20 Å². The highest BCUT2D eigenvalue weighted by Crippen LogP contribution is 2.38. The third-order valence-electron chi connectivity index (χ3n) is 8.47. The summed E-state index contributed by atoms with van der Waals surface area (Å²) in [6, 6.07) is 2.98. The number of carbonyl (C=O) groups excluding carboxylic acids is 2. The van der Waals surface area contributed by atoms with Crippen LogP contribution in [0.15, 0.2) is 46.0 Å². The van der Waals surface area contributed by atoms with Gasteiger partial charge in [-0.3, -0.25) is 14.7 Å². The first-order chi connectivity index (χ1) is 20.2. The number of ether oxygens (including phenoxy) is 1. The normalized spacial score (nSPS) is 26.3. The molecule has 222 valence electrons. The van der Waals surface area contributed by atoms with Crippen molar-refractivity contribution < 1.29 is 28.6 Å². The molecular weight excluding hydrogens is 587 g/mol. The fourth-order valence-electron chi connectivity index (χ4n) is 6.40. The van der Waals surface area contributed by atoms with E-state index in [0.717, 1.165) is 0 Å². The van der Waals surface area contributed by atoms with Crippen molar-refractivity contribution in [1.82, 2.24) is 25.0 Å². The summed E-state index contributed by atoms with van der Waals surface area (Å²) in [5, 5.41) is 15.3. The lowest BCUT2D eigenvalue weighted by atomic mass is 9.95. The molecule has 1 aromatic heterocycles. The number of halogens is 2. The first kappa shape index (κ1) is 28.6. The number of aliphatic carboxylic acids is 1. The number of nitrogens with one attached hydrogen (secondary N) is 1. The molecule has 0 spiro atoms. The van der Waals surface area contributed by atoms with E-state index in [1.807, 2.05) is 15.2 Å². The van der Waals surface area contributed by atoms with Gasteiger partial charge in [-0.05, 0) is 31.4 Å². The minimum atomic E-state index is -0.852. The number of hydrogen-bond acceptors (Lipinski definition) is 9. The number of nitrogens with zero attached hydrogens (tertiary/aromatic N) is 5. The minimum Gasteiger partial charge on any atom is -0.481 e. The maximum absolute atomic E-state index is 13.9. The number of urea groups is 1. The van der Waals surface area contributed by atoms with Crippen molar-refractivity contribution in [3.63, 3.8) is 0 Å². The van der Waals surface area contributed by atoms with E-state index in [-0.39, 0.29) is 28.7 Å². The van der Waals surface area contributed by atoms with Crippen molar-refractivity contribution in [2.24, 2.45) is 10.9 Å². The predicted molar refractivity (Wildman–Crippen MR) is 153 cm³/mol. The Balaban J connectivity index is 1.26. The first-order valence-electron chi connectivity index (χ1n) is 13.8. The highest BCUT2D eigenvalue weighted by molar-refractivity contribution is 7.11. The zero-order valence-electron chi connectivity index (χ0n) is 22.8. The number of fused-ring (bicyclic) bond motifs is 1. The molecule has 11 nitrogen and oxygen atoms in total. The van der Waals surface area contributed by atoms with E-state index in [9.17, 15) is 23.9 Å². The summed E-state index contributed by atoms with van der Waals surface area (Å²) in [6.45, 7) is 2.53. The van der Waals surface area contributed by atoms with Crippen LogP contribution in [0.25, 0.3) is 0 Å². The van der Waals surface area contributed by atoms with Crippen LogP contribution in [0.4, 0.5) is 9.18 Å². The largest absolute Gasteiger partial charge is 0.481 e. The van der Waals surface area contributed by atoms with Gasteiger partial charge in [0.15, 0.2) is 10.8 Å². The molecule has 0 unspecified atom stereocenters. The average molecular weight is 617 g/mol. The molecule has 4 aliphatic rings. The van der Waals surface area contributed by atoms with Gasteiger partial charge in [0, 0.05) is 66.6 Å². The SMILES string of the molecule is COC(=O)C1=C(CN2CCN3C(=O)N([C@H]4CC[C@H](C(=O)O)C4)C[C@@H]3C2)NC(c2nccs2)=N[C@H]1c1ccc(F)cc1Cl. The zero-order chi connectivity index (χ0) is 29.5. The molecule has 2 aromatic rings. The predicted octanol–water partition coefficient (Wildman–Crippen LogP) is 3.13. The lowest BCUT2D eigenvalue weighted by molar-refractivity contribution is -0.141. The van der Waals surface area contributed by atoms with Crippen molar-refractivity contribution in [1.29, 1.82) is 0 Å². The number of methoxy groups -OCH3 is 1. The molecule has 3 aliphatic heterocycles. The number of benzene rings is 1. The molecular formula is C28H30ClFN6O5S. The van der Waals surface area contributed by atoms with E-state index in [0.29, 0.717) is 74.1 Å². The van der Waals surface area contributed by atoms with Crippen molar-refractivity contribution >= 4 is 46.7 Å². The second-order valence-corrected chi connectivity index (χ2v) is 12.2. The summed E-state index contributed by atoms with van der Waals surface area (Å²) in [7, 11) is 1.30. The van der Waals surface area contributed by atoms with E-state index < -0.39 is 29.7 Å². The monoisotopic (exact) mass is 616 g/mol. The molecule has 2 N–H and O–H groups in total. The van der Waals surface area contributed by atoms with Crippen molar-refractivity contribution in [3.8, 4) is 0 Å². The number of piperazine rings is 1. The number of thiazole rings is 1. The van der Waals surface area contributed by atoms with Crippen LogP contribution in [0.1, 0.15) is 35.9 Å². The Morgan fingerprint density at radius 2 is 2.05 bits per heavy atom. The molecule has 1 aromatic carbocycles. The molecule has 1 aliphatic carbocycles. The quantitative estimate of drug-likeness (QED) is 0.454. The van der Waals surface area contributed by atoms with Gasteiger partial charge in [-0.1, -0.05) is 17.7 Å². The Bertz CT molecular complexity index is 1470. The first-order valence-corrected chi connectivity index (χ1v) is 15.0. The lowest BCUT2D eigenvalue weighted by Gasteiger charge is -2.38. The molecule has 6 rings (SSSR count). The number of amides is 2. The van der Waals surface area contributed by atoms with Gasteiger partial charge in [-0.2, -0.15) is 0 Å². The van der Waals surface area contributed by atoms with Crippen molar-refractivity contribution in [2.75, 3.05) is 39.8 Å². The van der Waals surface area contributed by atoms with E-state index in [2.05, 4.69) is 15.2 Å². The van der Waals surface area contributed by atoms with Crippen LogP contribution >= 0.6 is 22.9 Å².